The third-order valence-corrected chi connectivity index (χ3v) is 4.14. The molecule has 0 spiro atoms. The van der Waals surface area contributed by atoms with Crippen molar-refractivity contribution >= 4 is 35.6 Å². The van der Waals surface area contributed by atoms with E-state index in [4.69, 9.17) is 17.3 Å². The molecule has 0 bridgehead atoms. The highest BCUT2D eigenvalue weighted by atomic mass is 35.5. The van der Waals surface area contributed by atoms with Crippen LogP contribution in [0.4, 0.5) is 5.69 Å². The number of benzene rings is 1. The molecule has 22 heavy (non-hydrogen) atoms. The van der Waals surface area contributed by atoms with Gasteiger partial charge >= 0.3 is 0 Å². The van der Waals surface area contributed by atoms with E-state index in [9.17, 15) is 4.79 Å². The Morgan fingerprint density at radius 1 is 1.27 bits per heavy atom. The van der Waals surface area contributed by atoms with Gasteiger partial charge in [-0.05, 0) is 48.7 Å². The Bertz CT molecular complexity index is 664. The summed E-state index contributed by atoms with van der Waals surface area (Å²) >= 11 is 6.16. The highest BCUT2D eigenvalue weighted by Crippen LogP contribution is 2.34. The number of pyridine rings is 1. The minimum Gasteiger partial charge on any atom is -0.399 e. The van der Waals surface area contributed by atoms with Crippen LogP contribution in [0, 0.1) is 0 Å². The van der Waals surface area contributed by atoms with Crippen LogP contribution >= 0.6 is 24.0 Å². The summed E-state index contributed by atoms with van der Waals surface area (Å²) in [6, 6.07) is 9.03. The summed E-state index contributed by atoms with van der Waals surface area (Å²) < 4.78 is 0. The lowest BCUT2D eigenvalue weighted by Crippen LogP contribution is -2.30. The molecule has 0 radical (unpaired) electrons. The molecule has 1 fully saturated rings. The fourth-order valence-electron chi connectivity index (χ4n) is 2.80. The quantitative estimate of drug-likeness (QED) is 0.849. The van der Waals surface area contributed by atoms with E-state index in [0.29, 0.717) is 16.3 Å². The van der Waals surface area contributed by atoms with Gasteiger partial charge in [0.05, 0.1) is 16.6 Å². The normalized spacial score (nSPS) is 17.1. The van der Waals surface area contributed by atoms with Crippen molar-refractivity contribution in [3.05, 3.63) is 58.9 Å². The molecule has 1 aromatic heterocycles. The first-order valence-electron chi connectivity index (χ1n) is 6.93. The number of halogens is 2. The molecule has 2 aromatic rings. The van der Waals surface area contributed by atoms with Gasteiger partial charge in [-0.2, -0.15) is 0 Å². The minimum atomic E-state index is -0.0423. The molecule has 1 aromatic carbocycles. The summed E-state index contributed by atoms with van der Waals surface area (Å²) in [6.07, 6.45) is 5.46. The topological polar surface area (TPSA) is 59.2 Å². The lowest BCUT2D eigenvalue weighted by atomic mass is 10.1. The number of nitrogen functional groups attached to an aromatic ring is 1. The van der Waals surface area contributed by atoms with E-state index in [1.165, 1.54) is 0 Å². The van der Waals surface area contributed by atoms with E-state index >= 15 is 0 Å². The van der Waals surface area contributed by atoms with Crippen molar-refractivity contribution in [3.8, 4) is 0 Å². The van der Waals surface area contributed by atoms with Crippen LogP contribution in [0.3, 0.4) is 0 Å². The molecule has 1 amide bonds. The van der Waals surface area contributed by atoms with E-state index in [2.05, 4.69) is 4.98 Å². The number of nitrogens with zero attached hydrogens (tertiary/aromatic N) is 2. The molecule has 1 aliphatic rings. The van der Waals surface area contributed by atoms with Gasteiger partial charge in [-0.15, -0.1) is 12.4 Å². The maximum Gasteiger partial charge on any atom is 0.255 e. The van der Waals surface area contributed by atoms with Crippen molar-refractivity contribution in [2.45, 2.75) is 18.9 Å². The summed E-state index contributed by atoms with van der Waals surface area (Å²) in [4.78, 5) is 18.7. The van der Waals surface area contributed by atoms with E-state index < -0.39 is 0 Å². The zero-order chi connectivity index (χ0) is 14.8. The van der Waals surface area contributed by atoms with E-state index in [1.54, 1.807) is 30.6 Å². The predicted molar refractivity (Wildman–Crippen MR) is 90.4 cm³/mol. The number of hydrogen-bond donors (Lipinski definition) is 1. The Balaban J connectivity index is 0.00000176. The number of carbonyl (C=O) groups is 1. The summed E-state index contributed by atoms with van der Waals surface area (Å²) in [5.41, 5.74) is 7.86. The van der Waals surface area contributed by atoms with E-state index in [1.807, 2.05) is 17.0 Å². The second-order valence-electron chi connectivity index (χ2n) is 5.18. The summed E-state index contributed by atoms with van der Waals surface area (Å²) in [7, 11) is 0. The molecule has 116 valence electrons. The Kier molecular flexibility index (Phi) is 5.27. The lowest BCUT2D eigenvalue weighted by molar-refractivity contribution is 0.0736. The molecule has 1 saturated heterocycles. The second-order valence-corrected chi connectivity index (χ2v) is 5.58. The van der Waals surface area contributed by atoms with Crippen molar-refractivity contribution < 1.29 is 4.79 Å². The van der Waals surface area contributed by atoms with Crippen molar-refractivity contribution in [3.63, 3.8) is 0 Å². The highest BCUT2D eigenvalue weighted by molar-refractivity contribution is 6.34. The zero-order valence-corrected chi connectivity index (χ0v) is 13.5. The van der Waals surface area contributed by atoms with Crippen LogP contribution in [0.15, 0.2) is 42.7 Å². The number of hydrogen-bond acceptors (Lipinski definition) is 3. The number of anilines is 1. The van der Waals surface area contributed by atoms with Gasteiger partial charge in [-0.25, -0.2) is 0 Å². The summed E-state index contributed by atoms with van der Waals surface area (Å²) in [5, 5.41) is 0.403. The third-order valence-electron chi connectivity index (χ3n) is 3.83. The van der Waals surface area contributed by atoms with E-state index in [0.717, 1.165) is 24.9 Å². The average molecular weight is 338 g/mol. The zero-order valence-electron chi connectivity index (χ0n) is 11.9. The molecule has 6 heteroatoms. The molecule has 1 aliphatic heterocycles. The highest BCUT2D eigenvalue weighted by Gasteiger charge is 2.31. The number of likely N-dealkylation sites (tertiary alicyclic amines) is 1. The molecular weight excluding hydrogens is 321 g/mol. The number of aromatic nitrogens is 1. The van der Waals surface area contributed by atoms with Gasteiger partial charge in [-0.1, -0.05) is 11.6 Å². The van der Waals surface area contributed by atoms with Gasteiger partial charge in [-0.3, -0.25) is 9.78 Å². The fraction of sp³-hybridized carbons (Fsp3) is 0.250. The van der Waals surface area contributed by atoms with Gasteiger partial charge in [0.2, 0.25) is 0 Å². The van der Waals surface area contributed by atoms with Crippen LogP contribution < -0.4 is 5.73 Å². The van der Waals surface area contributed by atoms with Gasteiger partial charge in [0.15, 0.2) is 0 Å². The summed E-state index contributed by atoms with van der Waals surface area (Å²) in [6.45, 7) is 0.743. The Morgan fingerprint density at radius 3 is 2.68 bits per heavy atom. The molecule has 3 rings (SSSR count). The predicted octanol–water partition coefficient (Wildman–Crippen LogP) is 3.72. The second kappa shape index (κ2) is 6.99. The van der Waals surface area contributed by atoms with Gasteiger partial charge in [0, 0.05) is 24.6 Å². The Labute approximate surface area is 140 Å². The Morgan fingerprint density at radius 2 is 2.00 bits per heavy atom. The van der Waals surface area contributed by atoms with Crippen molar-refractivity contribution in [2.75, 3.05) is 12.3 Å². The summed E-state index contributed by atoms with van der Waals surface area (Å²) in [5.74, 6) is -0.0423. The average Bonchev–Trinajstić information content (AvgIpc) is 2.97. The fourth-order valence-corrected chi connectivity index (χ4v) is 3.07. The number of amides is 1. The maximum atomic E-state index is 12.7. The van der Waals surface area contributed by atoms with Gasteiger partial charge in [0.1, 0.15) is 0 Å². The molecule has 1 unspecified atom stereocenters. The smallest absolute Gasteiger partial charge is 0.255 e. The number of nitrogens with two attached hydrogens (primary N) is 1. The molecule has 1 atom stereocenters. The third kappa shape index (κ3) is 3.18. The lowest BCUT2D eigenvalue weighted by Gasteiger charge is -2.25. The largest absolute Gasteiger partial charge is 0.399 e. The van der Waals surface area contributed by atoms with Crippen molar-refractivity contribution in [1.82, 2.24) is 9.88 Å². The molecule has 0 aliphatic carbocycles. The number of carbonyl (C=O) groups excluding carboxylic acids is 1. The van der Waals surface area contributed by atoms with E-state index in [-0.39, 0.29) is 24.4 Å². The van der Waals surface area contributed by atoms with Crippen LogP contribution in [0.25, 0.3) is 0 Å². The van der Waals surface area contributed by atoms with Crippen LogP contribution in [0.1, 0.15) is 34.8 Å². The first-order chi connectivity index (χ1) is 10.2. The molecular formula is C16H17Cl2N3O. The van der Waals surface area contributed by atoms with Crippen LogP contribution in [0.2, 0.25) is 5.02 Å². The number of rotatable bonds is 2. The SMILES string of the molecule is Cl.Nc1ccc(C(=O)N2CCCC2c2ccncc2)c(Cl)c1. The van der Waals surface area contributed by atoms with Gasteiger partial charge < -0.3 is 10.6 Å². The van der Waals surface area contributed by atoms with Gasteiger partial charge in [0.25, 0.3) is 5.91 Å². The van der Waals surface area contributed by atoms with Crippen LogP contribution in [-0.2, 0) is 0 Å². The first-order valence-corrected chi connectivity index (χ1v) is 7.30. The maximum absolute atomic E-state index is 12.7. The molecule has 0 saturated carbocycles. The van der Waals surface area contributed by atoms with Crippen LogP contribution in [-0.4, -0.2) is 22.3 Å². The standard InChI is InChI=1S/C16H16ClN3O.ClH/c17-14-10-12(18)3-4-13(14)16(21)20-9-1-2-15(20)11-5-7-19-8-6-11;/h3-8,10,15H,1-2,9,18H2;1H. The molecule has 2 N–H and O–H groups in total. The first kappa shape index (κ1) is 16.6. The Hall–Kier alpha value is -1.78. The van der Waals surface area contributed by atoms with Crippen LogP contribution in [0.5, 0.6) is 0 Å². The molecule has 4 nitrogen and oxygen atoms in total. The monoisotopic (exact) mass is 337 g/mol. The van der Waals surface area contributed by atoms with Crippen molar-refractivity contribution in [1.29, 1.82) is 0 Å². The molecule has 2 heterocycles. The minimum absolute atomic E-state index is 0. The van der Waals surface area contributed by atoms with Crippen molar-refractivity contribution in [2.24, 2.45) is 0 Å².